The van der Waals surface area contributed by atoms with Crippen molar-refractivity contribution in [3.05, 3.63) is 129 Å². The summed E-state index contributed by atoms with van der Waals surface area (Å²) < 4.78 is 41.4. The summed E-state index contributed by atoms with van der Waals surface area (Å²) in [7, 11) is -1.70. The molecular formula is C42H58N2O8Si2. The fourth-order valence-electron chi connectivity index (χ4n) is 6.28. The zero-order chi connectivity index (χ0) is 39.7. The van der Waals surface area contributed by atoms with Crippen LogP contribution < -0.4 is 20.7 Å². The van der Waals surface area contributed by atoms with Gasteiger partial charge in [-0.2, -0.15) is 0 Å². The lowest BCUT2D eigenvalue weighted by Crippen LogP contribution is -2.54. The topological polar surface area (TPSA) is 110 Å². The summed E-state index contributed by atoms with van der Waals surface area (Å²) >= 11 is 0. The monoisotopic (exact) mass is 774 g/mol. The van der Waals surface area contributed by atoms with Gasteiger partial charge >= 0.3 is 5.69 Å². The molecule has 1 saturated heterocycles. The van der Waals surface area contributed by atoms with Gasteiger partial charge in [-0.15, -0.1) is 0 Å². The molecule has 1 aliphatic heterocycles. The summed E-state index contributed by atoms with van der Waals surface area (Å²) in [6, 6.07) is 27.2. The molecule has 12 heteroatoms. The minimum atomic E-state index is -2.50. The number of rotatable bonds is 13. The second-order valence-electron chi connectivity index (χ2n) is 17.1. The molecule has 0 spiro atoms. The van der Waals surface area contributed by atoms with Crippen LogP contribution in [0.25, 0.3) is 0 Å². The molecule has 0 unspecified atom stereocenters. The molecule has 1 aromatic heterocycles. The predicted octanol–water partition coefficient (Wildman–Crippen LogP) is 8.24. The third-order valence-electron chi connectivity index (χ3n) is 11.5. The maximum Gasteiger partial charge on any atom is 0.330 e. The second kappa shape index (κ2) is 15.8. The van der Waals surface area contributed by atoms with Crippen LogP contribution in [0.4, 0.5) is 0 Å². The van der Waals surface area contributed by atoms with Gasteiger partial charge in [0.15, 0.2) is 22.9 Å². The van der Waals surface area contributed by atoms with E-state index in [4.69, 9.17) is 27.8 Å². The van der Waals surface area contributed by atoms with Gasteiger partial charge in [0.1, 0.15) is 35.4 Å². The fraction of sp³-hybridized carbons (Fsp3) is 0.476. The Hall–Kier alpha value is -3.79. The highest BCUT2D eigenvalue weighted by Gasteiger charge is 2.55. The summed E-state index contributed by atoms with van der Waals surface area (Å²) in [5, 5.41) is -0.304. The van der Waals surface area contributed by atoms with E-state index in [1.165, 1.54) is 16.8 Å². The van der Waals surface area contributed by atoms with Crippen LogP contribution >= 0.6 is 0 Å². The van der Waals surface area contributed by atoms with Crippen LogP contribution in [0.1, 0.15) is 64.5 Å². The smallest absolute Gasteiger partial charge is 0.330 e. The van der Waals surface area contributed by atoms with Gasteiger partial charge in [0.05, 0.1) is 20.8 Å². The van der Waals surface area contributed by atoms with Crippen molar-refractivity contribution in [3.63, 3.8) is 0 Å². The quantitative estimate of drug-likeness (QED) is 0.107. The molecule has 54 heavy (non-hydrogen) atoms. The third kappa shape index (κ3) is 8.39. The number of hydrogen-bond acceptors (Lipinski definition) is 8. The molecular weight excluding hydrogens is 717 g/mol. The normalized spacial score (nSPS) is 19.9. The van der Waals surface area contributed by atoms with Gasteiger partial charge in [-0.05, 0) is 77.2 Å². The highest BCUT2D eigenvalue weighted by atomic mass is 28.4. The van der Waals surface area contributed by atoms with Crippen molar-refractivity contribution >= 4 is 16.6 Å². The number of aromatic amines is 1. The van der Waals surface area contributed by atoms with E-state index >= 15 is 0 Å². The number of benzene rings is 3. The number of nitrogens with one attached hydrogen (secondary N) is 1. The van der Waals surface area contributed by atoms with E-state index in [1.54, 1.807) is 14.2 Å². The first-order valence-electron chi connectivity index (χ1n) is 18.6. The highest BCUT2D eigenvalue weighted by Crippen LogP contribution is 2.47. The summed E-state index contributed by atoms with van der Waals surface area (Å²) in [5.41, 5.74) is 0.468. The van der Waals surface area contributed by atoms with Crippen molar-refractivity contribution in [1.82, 2.24) is 9.55 Å². The number of aromatic nitrogens is 2. The Labute approximate surface area is 322 Å². The van der Waals surface area contributed by atoms with Crippen molar-refractivity contribution in [3.8, 4) is 11.5 Å². The molecule has 3 aromatic carbocycles. The van der Waals surface area contributed by atoms with Crippen LogP contribution in [0.15, 0.2) is 101 Å². The molecule has 2 heterocycles. The standard InChI is InChI=1S/C42H58N2O8Si2/c1-40(2,3)53(9,10)51-36-34(50-38(44-27-26-35(45)43-39(44)46)37(36)52-54(11,12)41(4,5)6)28-49-42(29-16-14-13-15-17-29,30-18-22-32(47-7)23-19-30)31-20-24-33(48-8)25-21-31/h13-27,34,36-38H,28H2,1-12H3,(H,43,45,46)/t34-,36-,37-,38-/m1/s1. The number of nitrogens with zero attached hydrogens (tertiary/aromatic N) is 1. The maximum absolute atomic E-state index is 13.5. The first-order valence-corrected chi connectivity index (χ1v) is 24.4. The van der Waals surface area contributed by atoms with Gasteiger partial charge in [-0.3, -0.25) is 14.3 Å². The average molecular weight is 775 g/mol. The molecule has 5 rings (SSSR count). The van der Waals surface area contributed by atoms with Crippen LogP contribution in [-0.2, 0) is 23.9 Å². The Bertz CT molecular complexity index is 1920. The first kappa shape index (κ1) is 41.4. The Morgan fingerprint density at radius 3 is 1.57 bits per heavy atom. The van der Waals surface area contributed by atoms with Crippen LogP contribution in [0.5, 0.6) is 11.5 Å². The van der Waals surface area contributed by atoms with Crippen LogP contribution in [0, 0.1) is 0 Å². The molecule has 1 aliphatic rings. The molecule has 0 saturated carbocycles. The molecule has 0 radical (unpaired) electrons. The third-order valence-corrected chi connectivity index (χ3v) is 20.5. The van der Waals surface area contributed by atoms with Crippen molar-refractivity contribution < 1.29 is 27.8 Å². The summed E-state index contributed by atoms with van der Waals surface area (Å²) in [4.78, 5) is 28.1. The van der Waals surface area contributed by atoms with Crippen LogP contribution in [0.3, 0.4) is 0 Å². The van der Waals surface area contributed by atoms with E-state index < -0.39 is 58.0 Å². The molecule has 1 N–H and O–H groups in total. The lowest BCUT2D eigenvalue weighted by atomic mass is 9.80. The first-order chi connectivity index (χ1) is 25.2. The lowest BCUT2D eigenvalue weighted by Gasteiger charge is -2.44. The summed E-state index contributed by atoms with van der Waals surface area (Å²) in [6.45, 7) is 22.0. The minimum absolute atomic E-state index is 0.0677. The van der Waals surface area contributed by atoms with Crippen molar-refractivity contribution in [2.24, 2.45) is 0 Å². The fourth-order valence-corrected chi connectivity index (χ4v) is 8.88. The molecule has 10 nitrogen and oxygen atoms in total. The van der Waals surface area contributed by atoms with E-state index in [9.17, 15) is 9.59 Å². The summed E-state index contributed by atoms with van der Waals surface area (Å²) in [6.07, 6.45) is -1.42. The highest BCUT2D eigenvalue weighted by molar-refractivity contribution is 6.74. The van der Waals surface area contributed by atoms with Crippen molar-refractivity contribution in [2.45, 2.75) is 108 Å². The molecule has 292 valence electrons. The van der Waals surface area contributed by atoms with E-state index in [0.29, 0.717) is 0 Å². The van der Waals surface area contributed by atoms with Crippen molar-refractivity contribution in [1.29, 1.82) is 0 Å². The Balaban J connectivity index is 1.70. The Morgan fingerprint density at radius 2 is 1.13 bits per heavy atom. The molecule has 4 aromatic rings. The van der Waals surface area contributed by atoms with Gasteiger partial charge in [-0.25, -0.2) is 4.79 Å². The zero-order valence-corrected chi connectivity index (χ0v) is 35.9. The van der Waals surface area contributed by atoms with Crippen molar-refractivity contribution in [2.75, 3.05) is 20.8 Å². The number of ether oxygens (including phenoxy) is 4. The predicted molar refractivity (Wildman–Crippen MR) is 218 cm³/mol. The van der Waals surface area contributed by atoms with Gasteiger partial charge in [0.2, 0.25) is 0 Å². The maximum atomic E-state index is 13.5. The van der Waals surface area contributed by atoms with Gasteiger partial charge in [0, 0.05) is 12.3 Å². The molecule has 0 bridgehead atoms. The molecule has 0 amide bonds. The van der Waals surface area contributed by atoms with Gasteiger partial charge < -0.3 is 27.8 Å². The lowest BCUT2D eigenvalue weighted by molar-refractivity contribution is -0.0945. The summed E-state index contributed by atoms with van der Waals surface area (Å²) in [5.74, 6) is 1.44. The number of hydrogen-bond donors (Lipinski definition) is 1. The van der Waals surface area contributed by atoms with E-state index in [0.717, 1.165) is 28.2 Å². The minimum Gasteiger partial charge on any atom is -0.497 e. The van der Waals surface area contributed by atoms with Crippen LogP contribution in [-0.4, -0.2) is 65.3 Å². The van der Waals surface area contributed by atoms with Gasteiger partial charge in [-0.1, -0.05) is 96.1 Å². The number of methoxy groups -OCH3 is 2. The zero-order valence-electron chi connectivity index (χ0n) is 33.9. The van der Waals surface area contributed by atoms with E-state index in [-0.39, 0.29) is 16.7 Å². The Kier molecular flexibility index (Phi) is 12.1. The van der Waals surface area contributed by atoms with E-state index in [1.807, 2.05) is 66.7 Å². The van der Waals surface area contributed by atoms with Crippen LogP contribution in [0.2, 0.25) is 36.3 Å². The average Bonchev–Trinajstić information content (AvgIpc) is 3.43. The second-order valence-corrected chi connectivity index (χ2v) is 26.6. The molecule has 4 atom stereocenters. The molecule has 0 aliphatic carbocycles. The van der Waals surface area contributed by atoms with Gasteiger partial charge in [0.25, 0.3) is 5.56 Å². The number of H-pyrrole nitrogens is 1. The van der Waals surface area contributed by atoms with E-state index in [2.05, 4.69) is 84.8 Å². The largest absolute Gasteiger partial charge is 0.497 e. The Morgan fingerprint density at radius 1 is 0.667 bits per heavy atom. The molecule has 1 fully saturated rings. The SMILES string of the molecule is COc1ccc(C(OC[C@H]2O[C@@H](n3ccc(=O)[nH]c3=O)[C@H](O[Si](C)(C)C(C)(C)C)[C@@H]2O[Si](C)(C)C(C)(C)C)(c2ccccc2)c2ccc(OC)cc2)cc1.